The number of rotatable bonds is 4. The predicted octanol–water partition coefficient (Wildman–Crippen LogP) is 0.310. The molecule has 3 N–H and O–H groups in total. The molecular formula is C12H25ClN2O3. The van der Waals surface area contributed by atoms with Crippen molar-refractivity contribution >= 4 is 18.3 Å². The van der Waals surface area contributed by atoms with Crippen molar-refractivity contribution in [2.24, 2.45) is 5.41 Å². The van der Waals surface area contributed by atoms with Gasteiger partial charge in [-0.2, -0.15) is 0 Å². The van der Waals surface area contributed by atoms with Gasteiger partial charge >= 0.3 is 0 Å². The second-order valence-corrected chi connectivity index (χ2v) is 5.73. The van der Waals surface area contributed by atoms with Crippen molar-refractivity contribution in [3.63, 3.8) is 0 Å². The van der Waals surface area contributed by atoms with Crippen molar-refractivity contribution < 1.29 is 14.6 Å². The molecule has 0 saturated carbocycles. The van der Waals surface area contributed by atoms with Gasteiger partial charge < -0.3 is 20.5 Å². The maximum Gasteiger partial charge on any atom is 0.250 e. The third kappa shape index (κ3) is 7.16. The summed E-state index contributed by atoms with van der Waals surface area (Å²) >= 11 is 0. The highest BCUT2D eigenvalue weighted by molar-refractivity contribution is 5.85. The summed E-state index contributed by atoms with van der Waals surface area (Å²) in [6.45, 7) is 8.36. The number of carbonyl (C=O) groups is 1. The van der Waals surface area contributed by atoms with E-state index in [4.69, 9.17) is 4.74 Å². The van der Waals surface area contributed by atoms with Gasteiger partial charge in [-0.05, 0) is 11.8 Å². The van der Waals surface area contributed by atoms with Crippen LogP contribution < -0.4 is 10.6 Å². The van der Waals surface area contributed by atoms with Crippen LogP contribution in [0.25, 0.3) is 0 Å². The molecule has 1 aliphatic heterocycles. The summed E-state index contributed by atoms with van der Waals surface area (Å²) in [5.41, 5.74) is 0.0625. The topological polar surface area (TPSA) is 70.6 Å². The number of aliphatic hydroxyl groups excluding tert-OH is 1. The van der Waals surface area contributed by atoms with E-state index in [2.05, 4.69) is 31.4 Å². The number of halogens is 1. The van der Waals surface area contributed by atoms with Crippen molar-refractivity contribution in [2.75, 3.05) is 26.2 Å². The highest BCUT2D eigenvalue weighted by Crippen LogP contribution is 2.20. The number of morpholine rings is 1. The Kier molecular flexibility index (Phi) is 7.78. The first kappa shape index (κ1) is 17.6. The fraction of sp³-hybridized carbons (Fsp3) is 0.917. The summed E-state index contributed by atoms with van der Waals surface area (Å²) < 4.78 is 5.32. The van der Waals surface area contributed by atoms with Gasteiger partial charge in [0.15, 0.2) is 0 Å². The average Bonchev–Trinajstić information content (AvgIpc) is 2.25. The zero-order valence-corrected chi connectivity index (χ0v) is 12.2. The summed E-state index contributed by atoms with van der Waals surface area (Å²) in [6.07, 6.45) is -0.266. The molecule has 1 heterocycles. The molecule has 0 aromatic carbocycles. The predicted molar refractivity (Wildman–Crippen MR) is 72.9 cm³/mol. The fourth-order valence-corrected chi connectivity index (χ4v) is 1.85. The van der Waals surface area contributed by atoms with Gasteiger partial charge in [0.25, 0.3) is 5.91 Å². The van der Waals surface area contributed by atoms with E-state index in [1.807, 2.05) is 0 Å². The molecule has 108 valence electrons. The molecular weight excluding hydrogens is 256 g/mol. The van der Waals surface area contributed by atoms with Gasteiger partial charge in [-0.1, -0.05) is 20.8 Å². The summed E-state index contributed by atoms with van der Waals surface area (Å²) in [7, 11) is 0. The first-order valence-electron chi connectivity index (χ1n) is 6.16. The number of nitrogens with one attached hydrogen (secondary N) is 2. The minimum absolute atomic E-state index is 0. The Hall–Kier alpha value is -0.360. The Labute approximate surface area is 115 Å². The van der Waals surface area contributed by atoms with Crippen LogP contribution in [0.2, 0.25) is 0 Å². The molecule has 18 heavy (non-hydrogen) atoms. The lowest BCUT2D eigenvalue weighted by molar-refractivity contribution is -0.134. The van der Waals surface area contributed by atoms with E-state index >= 15 is 0 Å². The minimum atomic E-state index is -0.504. The van der Waals surface area contributed by atoms with Gasteiger partial charge in [-0.15, -0.1) is 12.4 Å². The van der Waals surface area contributed by atoms with Gasteiger partial charge in [0.1, 0.15) is 6.10 Å². The van der Waals surface area contributed by atoms with E-state index in [9.17, 15) is 9.90 Å². The Morgan fingerprint density at radius 2 is 2.22 bits per heavy atom. The first-order chi connectivity index (χ1) is 7.88. The molecule has 1 fully saturated rings. The Balaban J connectivity index is 0.00000289. The molecule has 6 heteroatoms. The second kappa shape index (κ2) is 7.94. The molecule has 1 rings (SSSR count). The number of hydrogen-bond acceptors (Lipinski definition) is 4. The molecule has 5 nitrogen and oxygen atoms in total. The molecule has 0 bridgehead atoms. The van der Waals surface area contributed by atoms with Gasteiger partial charge in [-0.25, -0.2) is 0 Å². The van der Waals surface area contributed by atoms with E-state index in [0.717, 1.165) is 6.54 Å². The smallest absolute Gasteiger partial charge is 0.250 e. The highest BCUT2D eigenvalue weighted by atomic mass is 35.5. The van der Waals surface area contributed by atoms with Crippen LogP contribution in [-0.4, -0.2) is 49.5 Å². The zero-order valence-electron chi connectivity index (χ0n) is 11.4. The molecule has 0 aromatic rings. The quantitative estimate of drug-likeness (QED) is 0.693. The average molecular weight is 281 g/mol. The van der Waals surface area contributed by atoms with Crippen LogP contribution in [0.15, 0.2) is 0 Å². The summed E-state index contributed by atoms with van der Waals surface area (Å²) in [6, 6.07) is 0. The lowest BCUT2D eigenvalue weighted by atomic mass is 9.89. The minimum Gasteiger partial charge on any atom is -0.391 e. The van der Waals surface area contributed by atoms with E-state index in [1.54, 1.807) is 0 Å². The number of aliphatic hydroxyl groups is 1. The van der Waals surface area contributed by atoms with Crippen molar-refractivity contribution in [3.05, 3.63) is 0 Å². The molecule has 2 atom stereocenters. The van der Waals surface area contributed by atoms with Crippen LogP contribution in [0, 0.1) is 5.41 Å². The van der Waals surface area contributed by atoms with Crippen LogP contribution in [0.5, 0.6) is 0 Å². The van der Waals surface area contributed by atoms with E-state index in [1.165, 1.54) is 0 Å². The summed E-state index contributed by atoms with van der Waals surface area (Å²) in [5, 5.41) is 15.6. The normalized spacial score (nSPS) is 21.9. The number of carbonyl (C=O) groups excluding carboxylic acids is 1. The molecule has 0 radical (unpaired) electrons. The Bertz CT molecular complexity index is 250. The van der Waals surface area contributed by atoms with E-state index < -0.39 is 12.2 Å². The third-order valence-corrected chi connectivity index (χ3v) is 2.58. The highest BCUT2D eigenvalue weighted by Gasteiger charge is 2.23. The van der Waals surface area contributed by atoms with Crippen molar-refractivity contribution in [1.82, 2.24) is 10.6 Å². The molecule has 1 amide bonds. The molecule has 0 aromatic heterocycles. The molecule has 0 spiro atoms. The second-order valence-electron chi connectivity index (χ2n) is 5.73. The summed E-state index contributed by atoms with van der Waals surface area (Å²) in [5.74, 6) is -0.148. The zero-order chi connectivity index (χ0) is 12.9. The van der Waals surface area contributed by atoms with E-state index in [0.29, 0.717) is 19.6 Å². The number of amides is 1. The van der Waals surface area contributed by atoms with Crippen molar-refractivity contribution in [2.45, 2.75) is 39.4 Å². The van der Waals surface area contributed by atoms with Crippen molar-refractivity contribution in [1.29, 1.82) is 0 Å². The van der Waals surface area contributed by atoms with E-state index in [-0.39, 0.29) is 30.3 Å². The Morgan fingerprint density at radius 1 is 1.56 bits per heavy atom. The fourth-order valence-electron chi connectivity index (χ4n) is 1.85. The maximum atomic E-state index is 11.7. The molecule has 2 unspecified atom stereocenters. The number of hydrogen-bond donors (Lipinski definition) is 3. The van der Waals surface area contributed by atoms with Crippen LogP contribution in [0.3, 0.4) is 0 Å². The first-order valence-corrected chi connectivity index (χ1v) is 6.16. The van der Waals surface area contributed by atoms with Crippen LogP contribution in [-0.2, 0) is 9.53 Å². The molecule has 1 saturated heterocycles. The van der Waals surface area contributed by atoms with Gasteiger partial charge in [-0.3, -0.25) is 4.79 Å². The standard InChI is InChI=1S/C12H24N2O3.ClH/c1-12(2,3)6-9(15)7-14-11(16)10-8-13-4-5-17-10;/h9-10,13,15H,4-8H2,1-3H3,(H,14,16);1H. The Morgan fingerprint density at radius 3 is 2.72 bits per heavy atom. The monoisotopic (exact) mass is 280 g/mol. The SMILES string of the molecule is CC(C)(C)CC(O)CNC(=O)C1CNCCO1.Cl. The maximum absolute atomic E-state index is 11.7. The van der Waals surface area contributed by atoms with Crippen LogP contribution in [0.1, 0.15) is 27.2 Å². The summed E-state index contributed by atoms with van der Waals surface area (Å²) in [4.78, 5) is 11.7. The largest absolute Gasteiger partial charge is 0.391 e. The van der Waals surface area contributed by atoms with Gasteiger partial charge in [0, 0.05) is 19.6 Å². The lowest BCUT2D eigenvalue weighted by Gasteiger charge is -2.25. The number of ether oxygens (including phenoxy) is 1. The lowest BCUT2D eigenvalue weighted by Crippen LogP contribution is -2.49. The third-order valence-electron chi connectivity index (χ3n) is 2.58. The molecule has 1 aliphatic rings. The molecule has 0 aliphatic carbocycles. The van der Waals surface area contributed by atoms with Crippen LogP contribution in [0.4, 0.5) is 0 Å². The van der Waals surface area contributed by atoms with Gasteiger partial charge in [0.05, 0.1) is 12.7 Å². The van der Waals surface area contributed by atoms with Gasteiger partial charge in [0.2, 0.25) is 0 Å². The van der Waals surface area contributed by atoms with Crippen LogP contribution >= 0.6 is 12.4 Å². The van der Waals surface area contributed by atoms with Crippen molar-refractivity contribution in [3.8, 4) is 0 Å².